The second kappa shape index (κ2) is 7.49. The van der Waals surface area contributed by atoms with E-state index in [-0.39, 0.29) is 17.7 Å². The van der Waals surface area contributed by atoms with Crippen LogP contribution in [0, 0.1) is 5.92 Å². The van der Waals surface area contributed by atoms with Crippen molar-refractivity contribution in [3.63, 3.8) is 0 Å². The lowest BCUT2D eigenvalue weighted by atomic mass is 10.1. The monoisotopic (exact) mass is 355 g/mol. The highest BCUT2D eigenvalue weighted by atomic mass is 35.5. The Morgan fingerprint density at radius 3 is 2.40 bits per heavy atom. The number of hydrogen-bond donors (Lipinski definition) is 2. The summed E-state index contributed by atoms with van der Waals surface area (Å²) >= 11 is 5.99. The molecule has 3 rings (SSSR count). The number of amides is 2. The summed E-state index contributed by atoms with van der Waals surface area (Å²) in [5.74, 6) is -0.119. The first kappa shape index (κ1) is 17.2. The highest BCUT2D eigenvalue weighted by Crippen LogP contribution is 2.30. The van der Waals surface area contributed by atoms with Crippen molar-refractivity contribution in [2.45, 2.75) is 19.8 Å². The van der Waals surface area contributed by atoms with Gasteiger partial charge in [0.2, 0.25) is 5.91 Å². The van der Waals surface area contributed by atoms with Crippen molar-refractivity contribution >= 4 is 34.8 Å². The van der Waals surface area contributed by atoms with Gasteiger partial charge in [0.15, 0.2) is 0 Å². The Kier molecular flexibility index (Phi) is 5.14. The van der Waals surface area contributed by atoms with Crippen LogP contribution in [-0.2, 0) is 4.79 Å². The minimum atomic E-state index is -0.363. The molecule has 25 heavy (non-hydrogen) atoms. The van der Waals surface area contributed by atoms with Crippen LogP contribution in [0.1, 0.15) is 35.7 Å². The number of nitrogens with one attached hydrogen (secondary N) is 2. The van der Waals surface area contributed by atoms with E-state index >= 15 is 0 Å². The maximum absolute atomic E-state index is 12.1. The van der Waals surface area contributed by atoms with Gasteiger partial charge < -0.3 is 5.32 Å². The highest BCUT2D eigenvalue weighted by Gasteiger charge is 2.29. The van der Waals surface area contributed by atoms with E-state index in [1.807, 2.05) is 24.3 Å². The Morgan fingerprint density at radius 2 is 1.76 bits per heavy atom. The largest absolute Gasteiger partial charge is 0.326 e. The zero-order chi connectivity index (χ0) is 17.8. The molecule has 1 aliphatic carbocycles. The molecule has 1 saturated carbocycles. The van der Waals surface area contributed by atoms with Crippen molar-refractivity contribution < 1.29 is 9.59 Å². The van der Waals surface area contributed by atoms with Gasteiger partial charge in [-0.05, 0) is 49.6 Å². The molecule has 0 atom stereocenters. The average molecular weight is 356 g/mol. The molecule has 1 aliphatic rings. The van der Waals surface area contributed by atoms with Gasteiger partial charge in [-0.15, -0.1) is 0 Å². The van der Waals surface area contributed by atoms with E-state index in [0.29, 0.717) is 16.3 Å². The number of nitrogens with zero attached hydrogens (tertiary/aromatic N) is 1. The molecule has 0 saturated heterocycles. The van der Waals surface area contributed by atoms with Gasteiger partial charge in [-0.1, -0.05) is 35.9 Å². The van der Waals surface area contributed by atoms with Crippen molar-refractivity contribution in [3.05, 3.63) is 64.7 Å². The van der Waals surface area contributed by atoms with Gasteiger partial charge in [0.25, 0.3) is 5.91 Å². The van der Waals surface area contributed by atoms with Gasteiger partial charge in [-0.2, -0.15) is 5.10 Å². The highest BCUT2D eigenvalue weighted by molar-refractivity contribution is 6.33. The lowest BCUT2D eigenvalue weighted by Gasteiger charge is -2.07. The Hall–Kier alpha value is -2.66. The molecule has 2 aromatic rings. The molecule has 0 spiro atoms. The molecule has 5 nitrogen and oxygen atoms in total. The molecule has 0 aromatic heterocycles. The van der Waals surface area contributed by atoms with Crippen molar-refractivity contribution in [2.75, 3.05) is 5.32 Å². The quantitative estimate of drug-likeness (QED) is 0.631. The molecule has 6 heteroatoms. The van der Waals surface area contributed by atoms with Crippen LogP contribution in [0.3, 0.4) is 0 Å². The van der Waals surface area contributed by atoms with Gasteiger partial charge in [-0.3, -0.25) is 9.59 Å². The molecule has 2 aromatic carbocycles. The van der Waals surface area contributed by atoms with Crippen LogP contribution in [0.15, 0.2) is 53.6 Å². The van der Waals surface area contributed by atoms with Crippen molar-refractivity contribution in [1.29, 1.82) is 0 Å². The lowest BCUT2D eigenvalue weighted by molar-refractivity contribution is -0.117. The Balaban J connectivity index is 1.62. The number of carbonyl (C=O) groups is 2. The number of rotatable bonds is 5. The number of hydrogen-bond acceptors (Lipinski definition) is 3. The molecule has 2 amide bonds. The summed E-state index contributed by atoms with van der Waals surface area (Å²) in [6.45, 7) is 1.80. The van der Waals surface area contributed by atoms with E-state index in [0.717, 1.165) is 24.1 Å². The molecule has 0 aliphatic heterocycles. The minimum Gasteiger partial charge on any atom is -0.326 e. The summed E-state index contributed by atoms with van der Waals surface area (Å²) < 4.78 is 0. The Morgan fingerprint density at radius 1 is 1.08 bits per heavy atom. The normalized spacial score (nSPS) is 14.1. The number of carbonyl (C=O) groups excluding carboxylic acids is 2. The summed E-state index contributed by atoms with van der Waals surface area (Å²) in [7, 11) is 0. The SMILES string of the molecule is C/C(=N/NC(=O)c1ccccc1Cl)c1ccc(NC(=O)C2CC2)cc1. The van der Waals surface area contributed by atoms with Gasteiger partial charge in [-0.25, -0.2) is 5.43 Å². The average Bonchev–Trinajstić information content (AvgIpc) is 3.45. The second-order valence-electron chi connectivity index (χ2n) is 5.96. The predicted molar refractivity (Wildman–Crippen MR) is 98.9 cm³/mol. The van der Waals surface area contributed by atoms with Crippen molar-refractivity contribution in [3.8, 4) is 0 Å². The van der Waals surface area contributed by atoms with Crippen LogP contribution >= 0.6 is 11.6 Å². The standard InChI is InChI=1S/C19H18ClN3O2/c1-12(22-23-19(25)16-4-2-3-5-17(16)20)13-8-10-15(11-9-13)21-18(24)14-6-7-14/h2-5,8-11,14H,6-7H2,1H3,(H,21,24)(H,23,25)/b22-12-. The third-order valence-electron chi connectivity index (χ3n) is 3.96. The molecule has 0 unspecified atom stereocenters. The number of halogens is 1. The van der Waals surface area contributed by atoms with Crippen LogP contribution in [0.2, 0.25) is 5.02 Å². The minimum absolute atomic E-state index is 0.0742. The zero-order valence-corrected chi connectivity index (χ0v) is 14.5. The first-order chi connectivity index (χ1) is 12.0. The zero-order valence-electron chi connectivity index (χ0n) is 13.8. The van der Waals surface area contributed by atoms with Gasteiger partial charge in [0, 0.05) is 11.6 Å². The summed E-state index contributed by atoms with van der Waals surface area (Å²) in [5, 5.41) is 7.37. The first-order valence-electron chi connectivity index (χ1n) is 8.05. The van der Waals surface area contributed by atoms with Crippen LogP contribution in [0.5, 0.6) is 0 Å². The topological polar surface area (TPSA) is 70.6 Å². The van der Waals surface area contributed by atoms with Crippen LogP contribution in [0.25, 0.3) is 0 Å². The maximum atomic E-state index is 12.1. The molecule has 0 radical (unpaired) electrons. The summed E-state index contributed by atoms with van der Waals surface area (Å²) in [4.78, 5) is 23.8. The maximum Gasteiger partial charge on any atom is 0.272 e. The lowest BCUT2D eigenvalue weighted by Crippen LogP contribution is -2.19. The van der Waals surface area contributed by atoms with Gasteiger partial charge in [0.1, 0.15) is 0 Å². The third-order valence-corrected chi connectivity index (χ3v) is 4.29. The van der Waals surface area contributed by atoms with E-state index in [1.165, 1.54) is 0 Å². The van der Waals surface area contributed by atoms with E-state index in [1.54, 1.807) is 31.2 Å². The third kappa shape index (κ3) is 4.45. The van der Waals surface area contributed by atoms with E-state index < -0.39 is 0 Å². The van der Waals surface area contributed by atoms with Crippen LogP contribution in [-0.4, -0.2) is 17.5 Å². The summed E-state index contributed by atoms with van der Waals surface area (Å²) in [6, 6.07) is 14.1. The van der Waals surface area contributed by atoms with Gasteiger partial charge in [0.05, 0.1) is 16.3 Å². The Bertz CT molecular complexity index is 827. The summed E-state index contributed by atoms with van der Waals surface area (Å²) in [6.07, 6.45) is 1.95. The fourth-order valence-corrected chi connectivity index (χ4v) is 2.51. The van der Waals surface area contributed by atoms with E-state index in [4.69, 9.17) is 11.6 Å². The molecule has 128 valence electrons. The predicted octanol–water partition coefficient (Wildman–Crippen LogP) is 3.84. The number of anilines is 1. The molecular formula is C19H18ClN3O2. The fraction of sp³-hybridized carbons (Fsp3) is 0.211. The van der Waals surface area contributed by atoms with E-state index in [9.17, 15) is 9.59 Å². The van der Waals surface area contributed by atoms with Crippen molar-refractivity contribution in [1.82, 2.24) is 5.43 Å². The molecule has 1 fully saturated rings. The van der Waals surface area contributed by atoms with Gasteiger partial charge >= 0.3 is 0 Å². The van der Waals surface area contributed by atoms with Crippen LogP contribution < -0.4 is 10.7 Å². The number of hydrazone groups is 1. The smallest absolute Gasteiger partial charge is 0.272 e. The molecule has 2 N–H and O–H groups in total. The fourth-order valence-electron chi connectivity index (χ4n) is 2.29. The van der Waals surface area contributed by atoms with E-state index in [2.05, 4.69) is 15.8 Å². The Labute approximate surface area is 151 Å². The van der Waals surface area contributed by atoms with Crippen molar-refractivity contribution in [2.24, 2.45) is 11.0 Å². The molecule has 0 bridgehead atoms. The molecular weight excluding hydrogens is 338 g/mol. The summed E-state index contributed by atoms with van der Waals surface area (Å²) in [5.41, 5.74) is 5.14. The first-order valence-corrected chi connectivity index (χ1v) is 8.43. The number of benzene rings is 2. The van der Waals surface area contributed by atoms with Crippen LogP contribution in [0.4, 0.5) is 5.69 Å². The molecule has 0 heterocycles. The second-order valence-corrected chi connectivity index (χ2v) is 6.37.